The summed E-state index contributed by atoms with van der Waals surface area (Å²) in [7, 11) is 0. The molecule has 0 bridgehead atoms. The molecule has 1 aromatic carbocycles. The molecule has 1 aliphatic heterocycles. The van der Waals surface area contributed by atoms with Crippen LogP contribution >= 0.6 is 11.3 Å². The molecule has 24 heavy (non-hydrogen) atoms. The smallest absolute Gasteiger partial charge is 0.254 e. The summed E-state index contributed by atoms with van der Waals surface area (Å²) in [4.78, 5) is 32.7. The molecule has 6 heteroatoms. The lowest BCUT2D eigenvalue weighted by Crippen LogP contribution is -2.52. The summed E-state index contributed by atoms with van der Waals surface area (Å²) >= 11 is 1.54. The molecule has 0 atom stereocenters. The van der Waals surface area contributed by atoms with Crippen LogP contribution in [-0.2, 0) is 4.79 Å². The highest BCUT2D eigenvalue weighted by molar-refractivity contribution is 7.13. The number of aromatic nitrogens is 1. The van der Waals surface area contributed by atoms with Gasteiger partial charge in [-0.25, -0.2) is 4.98 Å². The molecule has 1 fully saturated rings. The van der Waals surface area contributed by atoms with Gasteiger partial charge in [0.05, 0.1) is 0 Å². The van der Waals surface area contributed by atoms with Crippen LogP contribution < -0.4 is 0 Å². The van der Waals surface area contributed by atoms with Crippen LogP contribution in [0.4, 0.5) is 0 Å². The highest BCUT2D eigenvalue weighted by Gasteiger charge is 2.27. The molecule has 0 aliphatic carbocycles. The van der Waals surface area contributed by atoms with Crippen LogP contribution in [0, 0.1) is 0 Å². The average molecular weight is 343 g/mol. The molecule has 126 valence electrons. The Morgan fingerprint density at radius 1 is 1.33 bits per heavy atom. The highest BCUT2D eigenvalue weighted by atomic mass is 32.1. The first-order valence-corrected chi connectivity index (χ1v) is 9.14. The Balaban J connectivity index is 1.69. The molecular weight excluding hydrogens is 322 g/mol. The molecule has 2 heterocycles. The Labute approximate surface area is 145 Å². The molecule has 2 amide bonds. The van der Waals surface area contributed by atoms with Gasteiger partial charge >= 0.3 is 0 Å². The molecule has 3 rings (SSSR count). The van der Waals surface area contributed by atoms with Gasteiger partial charge in [0.25, 0.3) is 5.91 Å². The van der Waals surface area contributed by atoms with E-state index in [4.69, 9.17) is 0 Å². The summed E-state index contributed by atoms with van der Waals surface area (Å²) in [5.41, 5.74) is 1.54. The first-order valence-electron chi connectivity index (χ1n) is 8.26. The van der Waals surface area contributed by atoms with Crippen molar-refractivity contribution in [2.24, 2.45) is 0 Å². The SMILES string of the molecule is CCCCN1CCN(C(=O)c2cccc(-c3nccs3)c2)CC1=O. The van der Waals surface area contributed by atoms with Gasteiger partial charge < -0.3 is 9.80 Å². The minimum atomic E-state index is -0.0862. The summed E-state index contributed by atoms with van der Waals surface area (Å²) in [6, 6.07) is 7.47. The van der Waals surface area contributed by atoms with E-state index in [0.717, 1.165) is 30.0 Å². The van der Waals surface area contributed by atoms with Crippen molar-refractivity contribution in [2.45, 2.75) is 19.8 Å². The first kappa shape index (κ1) is 16.6. The molecule has 5 nitrogen and oxygen atoms in total. The van der Waals surface area contributed by atoms with Gasteiger partial charge in [-0.2, -0.15) is 0 Å². The van der Waals surface area contributed by atoms with Crippen LogP contribution in [0.1, 0.15) is 30.1 Å². The molecule has 0 radical (unpaired) electrons. The van der Waals surface area contributed by atoms with E-state index in [1.54, 1.807) is 28.5 Å². The molecule has 0 saturated carbocycles. The predicted molar refractivity (Wildman–Crippen MR) is 94.9 cm³/mol. The zero-order valence-electron chi connectivity index (χ0n) is 13.8. The number of hydrogen-bond acceptors (Lipinski definition) is 4. The minimum absolute atomic E-state index is 0.0409. The second-order valence-corrected chi connectivity index (χ2v) is 6.77. The van der Waals surface area contributed by atoms with Crippen LogP contribution in [0.3, 0.4) is 0 Å². The lowest BCUT2D eigenvalue weighted by atomic mass is 10.1. The minimum Gasteiger partial charge on any atom is -0.339 e. The lowest BCUT2D eigenvalue weighted by Gasteiger charge is -2.34. The molecule has 1 aliphatic rings. The van der Waals surface area contributed by atoms with Gasteiger partial charge in [-0.3, -0.25) is 9.59 Å². The Kier molecular flexibility index (Phi) is 5.25. The Bertz CT molecular complexity index is 715. The van der Waals surface area contributed by atoms with Crippen molar-refractivity contribution >= 4 is 23.2 Å². The van der Waals surface area contributed by atoms with Gasteiger partial charge in [0.2, 0.25) is 5.91 Å². The number of carbonyl (C=O) groups excluding carboxylic acids is 2. The monoisotopic (exact) mass is 343 g/mol. The first-order chi connectivity index (χ1) is 11.7. The molecule has 2 aromatic rings. The third-order valence-corrected chi connectivity index (χ3v) is 5.00. The fourth-order valence-corrected chi connectivity index (χ4v) is 3.44. The number of amides is 2. The quantitative estimate of drug-likeness (QED) is 0.839. The number of unbranched alkanes of at least 4 members (excludes halogenated alkanes) is 1. The van der Waals surface area contributed by atoms with Gasteiger partial charge in [-0.05, 0) is 18.6 Å². The van der Waals surface area contributed by atoms with Crippen molar-refractivity contribution in [2.75, 3.05) is 26.2 Å². The van der Waals surface area contributed by atoms with Gasteiger partial charge in [-0.15, -0.1) is 11.3 Å². The fourth-order valence-electron chi connectivity index (χ4n) is 2.80. The maximum atomic E-state index is 12.7. The summed E-state index contributed by atoms with van der Waals surface area (Å²) in [5, 5.41) is 2.81. The molecule has 0 spiro atoms. The fraction of sp³-hybridized carbons (Fsp3) is 0.389. The molecule has 0 unspecified atom stereocenters. The molecule has 0 N–H and O–H groups in total. The van der Waals surface area contributed by atoms with Gasteiger partial charge in [0.15, 0.2) is 0 Å². The Hall–Kier alpha value is -2.21. The average Bonchev–Trinajstić information content (AvgIpc) is 3.15. The largest absolute Gasteiger partial charge is 0.339 e. The number of benzene rings is 1. The van der Waals surface area contributed by atoms with E-state index >= 15 is 0 Å². The van der Waals surface area contributed by atoms with E-state index in [0.29, 0.717) is 18.7 Å². The number of carbonyl (C=O) groups is 2. The number of hydrogen-bond donors (Lipinski definition) is 0. The second kappa shape index (κ2) is 7.57. The van der Waals surface area contributed by atoms with Crippen molar-refractivity contribution in [3.8, 4) is 10.6 Å². The standard InChI is InChI=1S/C18H21N3O2S/c1-2-3-8-20-9-10-21(13-16(20)22)18(23)15-6-4-5-14(12-15)17-19-7-11-24-17/h4-7,11-12H,2-3,8-10,13H2,1H3. The van der Waals surface area contributed by atoms with Crippen LogP contribution in [0.2, 0.25) is 0 Å². The van der Waals surface area contributed by atoms with Crippen molar-refractivity contribution < 1.29 is 9.59 Å². The number of piperazine rings is 1. The summed E-state index contributed by atoms with van der Waals surface area (Å²) < 4.78 is 0. The zero-order valence-corrected chi connectivity index (χ0v) is 14.6. The van der Waals surface area contributed by atoms with E-state index in [1.165, 1.54) is 0 Å². The van der Waals surface area contributed by atoms with Crippen LogP contribution in [0.25, 0.3) is 10.6 Å². The lowest BCUT2D eigenvalue weighted by molar-refractivity contribution is -0.135. The Morgan fingerprint density at radius 2 is 2.21 bits per heavy atom. The Morgan fingerprint density at radius 3 is 2.92 bits per heavy atom. The predicted octanol–water partition coefficient (Wildman–Crippen LogP) is 2.89. The number of rotatable bonds is 5. The summed E-state index contributed by atoms with van der Waals surface area (Å²) in [6.45, 7) is 4.28. The van der Waals surface area contributed by atoms with Crippen molar-refractivity contribution in [3.63, 3.8) is 0 Å². The van der Waals surface area contributed by atoms with Gasteiger partial charge in [0.1, 0.15) is 11.6 Å². The van der Waals surface area contributed by atoms with Crippen molar-refractivity contribution in [1.29, 1.82) is 0 Å². The molecule has 1 aromatic heterocycles. The highest BCUT2D eigenvalue weighted by Crippen LogP contribution is 2.23. The third kappa shape index (κ3) is 3.64. The third-order valence-electron chi connectivity index (χ3n) is 4.18. The topological polar surface area (TPSA) is 53.5 Å². The normalized spacial score (nSPS) is 15.0. The van der Waals surface area contributed by atoms with Crippen LogP contribution in [0.5, 0.6) is 0 Å². The zero-order chi connectivity index (χ0) is 16.9. The van der Waals surface area contributed by atoms with E-state index in [1.807, 2.05) is 28.5 Å². The van der Waals surface area contributed by atoms with Crippen LogP contribution in [0.15, 0.2) is 35.8 Å². The van der Waals surface area contributed by atoms with Crippen LogP contribution in [-0.4, -0.2) is 52.8 Å². The van der Waals surface area contributed by atoms with Gasteiger partial charge in [0, 0.05) is 42.3 Å². The molecular formula is C18H21N3O2S. The van der Waals surface area contributed by atoms with Crippen molar-refractivity contribution in [1.82, 2.24) is 14.8 Å². The van der Waals surface area contributed by atoms with E-state index in [9.17, 15) is 9.59 Å². The van der Waals surface area contributed by atoms with E-state index in [-0.39, 0.29) is 18.4 Å². The maximum absolute atomic E-state index is 12.7. The number of nitrogens with zero attached hydrogens (tertiary/aromatic N) is 3. The van der Waals surface area contributed by atoms with E-state index < -0.39 is 0 Å². The summed E-state index contributed by atoms with van der Waals surface area (Å²) in [5.74, 6) is -0.0453. The van der Waals surface area contributed by atoms with Crippen molar-refractivity contribution in [3.05, 3.63) is 41.4 Å². The number of thiazole rings is 1. The maximum Gasteiger partial charge on any atom is 0.254 e. The second-order valence-electron chi connectivity index (χ2n) is 5.88. The summed E-state index contributed by atoms with van der Waals surface area (Å²) in [6.07, 6.45) is 3.83. The molecule has 1 saturated heterocycles. The van der Waals surface area contributed by atoms with Gasteiger partial charge in [-0.1, -0.05) is 25.5 Å². The van der Waals surface area contributed by atoms with E-state index in [2.05, 4.69) is 11.9 Å².